The Balaban J connectivity index is 1.62. The highest BCUT2D eigenvalue weighted by Gasteiger charge is 2.33. The summed E-state index contributed by atoms with van der Waals surface area (Å²) in [7, 11) is 1.59. The van der Waals surface area contributed by atoms with Gasteiger partial charge in [0.25, 0.3) is 0 Å². The summed E-state index contributed by atoms with van der Waals surface area (Å²) in [6.07, 6.45) is 2.47. The van der Waals surface area contributed by atoms with Crippen LogP contribution in [0.2, 0.25) is 0 Å². The van der Waals surface area contributed by atoms with E-state index < -0.39 is 5.97 Å². The van der Waals surface area contributed by atoms with E-state index in [4.69, 9.17) is 9.72 Å². The van der Waals surface area contributed by atoms with Gasteiger partial charge in [0.15, 0.2) is 0 Å². The maximum Gasteiger partial charge on any atom is 0.335 e. The molecule has 0 radical (unpaired) electrons. The fraction of sp³-hybridized carbons (Fsp3) is 0.440. The average Bonchev–Trinajstić information content (AvgIpc) is 3.67. The van der Waals surface area contributed by atoms with Crippen LogP contribution in [0.25, 0.3) is 11.1 Å². The zero-order chi connectivity index (χ0) is 23.5. The van der Waals surface area contributed by atoms with Gasteiger partial charge in [-0.25, -0.2) is 9.78 Å². The summed E-state index contributed by atoms with van der Waals surface area (Å²) in [4.78, 5) is 32.6. The van der Waals surface area contributed by atoms with Gasteiger partial charge in [-0.05, 0) is 43.5 Å². The summed E-state index contributed by atoms with van der Waals surface area (Å²) in [5, 5.41) is 19.1. The fourth-order valence-corrected chi connectivity index (χ4v) is 4.39. The first-order valence-corrected chi connectivity index (χ1v) is 11.2. The lowest BCUT2D eigenvalue weighted by atomic mass is 9.98. The van der Waals surface area contributed by atoms with Gasteiger partial charge in [0.05, 0.1) is 29.8 Å². The van der Waals surface area contributed by atoms with Crippen LogP contribution < -0.4 is 4.90 Å². The molecule has 33 heavy (non-hydrogen) atoms. The van der Waals surface area contributed by atoms with Crippen LogP contribution >= 0.6 is 0 Å². The third-order valence-corrected chi connectivity index (χ3v) is 6.33. The minimum Gasteiger partial charge on any atom is -0.478 e. The molecule has 2 heterocycles. The van der Waals surface area contributed by atoms with Crippen LogP contribution in [0.1, 0.15) is 53.7 Å². The molecule has 1 amide bonds. The number of benzene rings is 1. The van der Waals surface area contributed by atoms with Crippen molar-refractivity contribution in [1.82, 2.24) is 9.88 Å². The largest absolute Gasteiger partial charge is 0.478 e. The molecule has 0 spiro atoms. The highest BCUT2D eigenvalue weighted by Crippen LogP contribution is 2.45. The summed E-state index contributed by atoms with van der Waals surface area (Å²) >= 11 is 0. The first-order valence-electron chi connectivity index (χ1n) is 11.2. The second-order valence-electron chi connectivity index (χ2n) is 8.69. The standard InChI is InChI=1S/C25H28N4O4/c1-16-15-28(10-11-29(16)22(30)9-12-33-2)24-20(14-26)13-21(23(27-24)18-5-6-18)17-3-7-19(8-4-17)25(31)32/h3-4,7-8,13,16,18H,5-6,9-12,15H2,1-2H3,(H,31,32)/t16-/m1/s1. The smallest absolute Gasteiger partial charge is 0.335 e. The molecule has 8 nitrogen and oxygen atoms in total. The van der Waals surface area contributed by atoms with Gasteiger partial charge in [0, 0.05) is 44.3 Å². The second kappa shape index (κ2) is 9.59. The second-order valence-corrected chi connectivity index (χ2v) is 8.69. The normalized spacial score (nSPS) is 18.2. The van der Waals surface area contributed by atoms with Crippen molar-refractivity contribution in [2.45, 2.75) is 38.1 Å². The van der Waals surface area contributed by atoms with Crippen LogP contribution in [0, 0.1) is 11.3 Å². The predicted molar refractivity (Wildman–Crippen MR) is 123 cm³/mol. The minimum atomic E-state index is -0.968. The molecule has 4 rings (SSSR count). The molecule has 1 aromatic carbocycles. The highest BCUT2D eigenvalue weighted by molar-refractivity contribution is 5.88. The quantitative estimate of drug-likeness (QED) is 0.693. The SMILES string of the molecule is COCCC(=O)N1CCN(c2nc(C3CC3)c(-c3ccc(C(=O)O)cc3)cc2C#N)C[C@H]1C. The van der Waals surface area contributed by atoms with Gasteiger partial charge >= 0.3 is 5.97 Å². The Bertz CT molecular complexity index is 1090. The lowest BCUT2D eigenvalue weighted by molar-refractivity contribution is -0.134. The van der Waals surface area contributed by atoms with E-state index >= 15 is 0 Å². The van der Waals surface area contributed by atoms with Crippen LogP contribution in [-0.4, -0.2) is 66.3 Å². The Labute approximate surface area is 193 Å². The number of hydrogen-bond acceptors (Lipinski definition) is 6. The van der Waals surface area contributed by atoms with Crippen LogP contribution in [0.4, 0.5) is 5.82 Å². The van der Waals surface area contributed by atoms with E-state index in [1.54, 1.807) is 31.4 Å². The van der Waals surface area contributed by atoms with Crippen molar-refractivity contribution in [3.05, 3.63) is 47.2 Å². The number of hydrogen-bond donors (Lipinski definition) is 1. The molecule has 1 saturated heterocycles. The number of rotatable bonds is 7. The van der Waals surface area contributed by atoms with Crippen molar-refractivity contribution >= 4 is 17.7 Å². The van der Waals surface area contributed by atoms with Crippen molar-refractivity contribution in [2.75, 3.05) is 38.3 Å². The third kappa shape index (κ3) is 4.83. The molecular formula is C25H28N4O4. The number of carbonyl (C=O) groups is 2. The Morgan fingerprint density at radius 3 is 2.55 bits per heavy atom. The zero-order valence-corrected chi connectivity index (χ0v) is 19.0. The number of aromatic carboxylic acids is 1. The van der Waals surface area contributed by atoms with Gasteiger partial charge in [-0.3, -0.25) is 4.79 Å². The number of anilines is 1. The molecule has 1 saturated carbocycles. The molecule has 8 heteroatoms. The summed E-state index contributed by atoms with van der Waals surface area (Å²) in [5.41, 5.74) is 3.42. The molecule has 2 fully saturated rings. The number of nitrogens with zero attached hydrogens (tertiary/aromatic N) is 4. The van der Waals surface area contributed by atoms with Gasteiger partial charge < -0.3 is 19.6 Å². The minimum absolute atomic E-state index is 0.00376. The van der Waals surface area contributed by atoms with E-state index in [-0.39, 0.29) is 17.5 Å². The number of piperazine rings is 1. The van der Waals surface area contributed by atoms with Gasteiger partial charge in [0.1, 0.15) is 11.9 Å². The van der Waals surface area contributed by atoms with Gasteiger partial charge in [-0.1, -0.05) is 12.1 Å². The Kier molecular flexibility index (Phi) is 6.61. The molecule has 1 aliphatic carbocycles. The third-order valence-electron chi connectivity index (χ3n) is 6.33. The molecule has 2 aliphatic rings. The molecule has 172 valence electrons. The molecule has 0 bridgehead atoms. The van der Waals surface area contributed by atoms with E-state index in [2.05, 4.69) is 11.0 Å². The summed E-state index contributed by atoms with van der Waals surface area (Å²) in [5.74, 6) is 0.126. The molecule has 1 N–H and O–H groups in total. The van der Waals surface area contributed by atoms with Crippen molar-refractivity contribution in [3.8, 4) is 17.2 Å². The number of ether oxygens (including phenoxy) is 1. The van der Waals surface area contributed by atoms with E-state index in [0.717, 1.165) is 29.7 Å². The lowest BCUT2D eigenvalue weighted by Crippen LogP contribution is -2.54. The van der Waals surface area contributed by atoms with Crippen LogP contribution in [0.15, 0.2) is 30.3 Å². The van der Waals surface area contributed by atoms with Gasteiger partial charge in [-0.15, -0.1) is 0 Å². The Morgan fingerprint density at radius 2 is 1.97 bits per heavy atom. The van der Waals surface area contributed by atoms with Crippen LogP contribution in [0.5, 0.6) is 0 Å². The Hall–Kier alpha value is -3.44. The summed E-state index contributed by atoms with van der Waals surface area (Å²) in [6.45, 7) is 4.22. The Morgan fingerprint density at radius 1 is 1.24 bits per heavy atom. The number of nitriles is 1. The average molecular weight is 449 g/mol. The summed E-state index contributed by atoms with van der Waals surface area (Å²) in [6, 6.07) is 10.9. The van der Waals surface area contributed by atoms with E-state index in [1.165, 1.54) is 0 Å². The first kappa shape index (κ1) is 22.7. The lowest BCUT2D eigenvalue weighted by Gasteiger charge is -2.41. The molecule has 1 aromatic heterocycles. The first-order chi connectivity index (χ1) is 15.9. The molecular weight excluding hydrogens is 420 g/mol. The van der Waals surface area contributed by atoms with Crippen LogP contribution in [-0.2, 0) is 9.53 Å². The number of amides is 1. The highest BCUT2D eigenvalue weighted by atomic mass is 16.5. The number of pyridine rings is 1. The van der Waals surface area contributed by atoms with E-state index in [1.807, 2.05) is 17.9 Å². The van der Waals surface area contributed by atoms with Crippen molar-refractivity contribution in [2.24, 2.45) is 0 Å². The van der Waals surface area contributed by atoms with Gasteiger partial charge in [-0.2, -0.15) is 5.26 Å². The van der Waals surface area contributed by atoms with Crippen molar-refractivity contribution in [3.63, 3.8) is 0 Å². The van der Waals surface area contributed by atoms with E-state index in [9.17, 15) is 20.0 Å². The number of carboxylic acids is 1. The topological polar surface area (TPSA) is 107 Å². The zero-order valence-electron chi connectivity index (χ0n) is 19.0. The van der Waals surface area contributed by atoms with Crippen molar-refractivity contribution < 1.29 is 19.4 Å². The summed E-state index contributed by atoms with van der Waals surface area (Å²) < 4.78 is 5.03. The fourth-order valence-electron chi connectivity index (χ4n) is 4.39. The maximum absolute atomic E-state index is 12.5. The number of carboxylic acid groups (broad SMARTS) is 1. The van der Waals surface area contributed by atoms with E-state index in [0.29, 0.717) is 50.0 Å². The molecule has 0 unspecified atom stereocenters. The van der Waals surface area contributed by atoms with Crippen molar-refractivity contribution in [1.29, 1.82) is 5.26 Å². The molecule has 1 aliphatic heterocycles. The predicted octanol–water partition coefficient (Wildman–Crippen LogP) is 3.27. The van der Waals surface area contributed by atoms with Gasteiger partial charge in [0.2, 0.25) is 5.91 Å². The number of carbonyl (C=O) groups excluding carboxylic acids is 1. The van der Waals surface area contributed by atoms with Crippen LogP contribution in [0.3, 0.4) is 0 Å². The number of methoxy groups -OCH3 is 1. The number of aromatic nitrogens is 1. The molecule has 2 aromatic rings. The molecule has 1 atom stereocenters. The monoisotopic (exact) mass is 448 g/mol. The maximum atomic E-state index is 12.5.